The summed E-state index contributed by atoms with van der Waals surface area (Å²) in [4.78, 5) is 12.6. The number of hydrogen-bond acceptors (Lipinski definition) is 5. The average Bonchev–Trinajstić information content (AvgIpc) is 2.46. The summed E-state index contributed by atoms with van der Waals surface area (Å²) < 4.78 is 0. The molecule has 1 heterocycles. The van der Waals surface area contributed by atoms with Gasteiger partial charge in [0.05, 0.1) is 16.6 Å². The zero-order valence-corrected chi connectivity index (χ0v) is 10.5. The van der Waals surface area contributed by atoms with Gasteiger partial charge < -0.3 is 10.0 Å². The quantitative estimate of drug-likeness (QED) is 0.660. The van der Waals surface area contributed by atoms with Crippen molar-refractivity contribution in [2.45, 2.75) is 12.8 Å². The molecular weight excluding hydrogens is 246 g/mol. The Kier molecular flexibility index (Phi) is 3.97. The molecule has 0 saturated carbocycles. The lowest BCUT2D eigenvalue weighted by Gasteiger charge is -2.33. The van der Waals surface area contributed by atoms with Crippen LogP contribution in [0.5, 0.6) is 0 Å². The van der Waals surface area contributed by atoms with E-state index in [-0.39, 0.29) is 23.8 Å². The van der Waals surface area contributed by atoms with Gasteiger partial charge in [-0.3, -0.25) is 10.1 Å². The highest BCUT2D eigenvalue weighted by molar-refractivity contribution is 5.65. The van der Waals surface area contributed by atoms with E-state index in [2.05, 4.69) is 0 Å². The molecule has 1 aromatic rings. The fourth-order valence-electron chi connectivity index (χ4n) is 2.44. The molecule has 0 amide bonds. The number of anilines is 1. The van der Waals surface area contributed by atoms with Crippen molar-refractivity contribution in [1.82, 2.24) is 0 Å². The molecule has 6 nitrogen and oxygen atoms in total. The number of aliphatic hydroxyl groups is 1. The second-order valence-electron chi connectivity index (χ2n) is 4.71. The van der Waals surface area contributed by atoms with Crippen LogP contribution in [0, 0.1) is 27.4 Å². The van der Waals surface area contributed by atoms with Gasteiger partial charge >= 0.3 is 0 Å². The molecule has 0 bridgehead atoms. The molecule has 1 atom stereocenters. The van der Waals surface area contributed by atoms with Crippen molar-refractivity contribution < 1.29 is 10.0 Å². The Morgan fingerprint density at radius 3 is 3.00 bits per heavy atom. The molecule has 0 spiro atoms. The van der Waals surface area contributed by atoms with Gasteiger partial charge in [0.15, 0.2) is 0 Å². The summed E-state index contributed by atoms with van der Waals surface area (Å²) in [5, 5.41) is 29.1. The molecule has 19 heavy (non-hydrogen) atoms. The highest BCUT2D eigenvalue weighted by Gasteiger charge is 2.25. The van der Waals surface area contributed by atoms with Gasteiger partial charge in [0, 0.05) is 25.8 Å². The fourth-order valence-corrected chi connectivity index (χ4v) is 2.44. The van der Waals surface area contributed by atoms with Crippen LogP contribution in [0.15, 0.2) is 18.2 Å². The Morgan fingerprint density at radius 2 is 2.37 bits per heavy atom. The summed E-state index contributed by atoms with van der Waals surface area (Å²) in [6, 6.07) is 6.42. The fraction of sp³-hybridized carbons (Fsp3) is 0.462. The van der Waals surface area contributed by atoms with Crippen LogP contribution in [-0.4, -0.2) is 29.7 Å². The van der Waals surface area contributed by atoms with Crippen molar-refractivity contribution in [1.29, 1.82) is 5.26 Å². The second kappa shape index (κ2) is 5.67. The number of piperidine rings is 1. The second-order valence-corrected chi connectivity index (χ2v) is 4.71. The van der Waals surface area contributed by atoms with E-state index < -0.39 is 4.92 Å². The van der Waals surface area contributed by atoms with Gasteiger partial charge in [-0.15, -0.1) is 0 Å². The molecule has 1 aliphatic heterocycles. The van der Waals surface area contributed by atoms with Crippen molar-refractivity contribution in [3.63, 3.8) is 0 Å². The third-order valence-corrected chi connectivity index (χ3v) is 3.42. The summed E-state index contributed by atoms with van der Waals surface area (Å²) >= 11 is 0. The molecule has 0 aliphatic carbocycles. The first-order chi connectivity index (χ1) is 9.15. The maximum Gasteiger partial charge on any atom is 0.293 e. The van der Waals surface area contributed by atoms with Crippen LogP contribution < -0.4 is 4.90 Å². The van der Waals surface area contributed by atoms with E-state index >= 15 is 0 Å². The first kappa shape index (κ1) is 13.3. The number of nitro benzene ring substituents is 1. The lowest BCUT2D eigenvalue weighted by atomic mass is 9.98. The van der Waals surface area contributed by atoms with Crippen LogP contribution >= 0.6 is 0 Å². The number of benzene rings is 1. The predicted octanol–water partition coefficient (Wildman–Crippen LogP) is 1.68. The monoisotopic (exact) mass is 261 g/mol. The Bertz CT molecular complexity index is 524. The van der Waals surface area contributed by atoms with Crippen LogP contribution in [0.25, 0.3) is 0 Å². The highest BCUT2D eigenvalue weighted by Crippen LogP contribution is 2.32. The number of aliphatic hydroxyl groups excluding tert-OH is 1. The molecule has 0 aromatic heterocycles. The molecule has 0 radical (unpaired) electrons. The summed E-state index contributed by atoms with van der Waals surface area (Å²) in [5.74, 6) is 0.156. The largest absolute Gasteiger partial charge is 0.396 e. The number of nitro groups is 1. The zero-order chi connectivity index (χ0) is 13.8. The smallest absolute Gasteiger partial charge is 0.293 e. The minimum absolute atomic E-state index is 0.0439. The highest BCUT2D eigenvalue weighted by atomic mass is 16.6. The van der Waals surface area contributed by atoms with Crippen molar-refractivity contribution in [2.24, 2.45) is 5.92 Å². The topological polar surface area (TPSA) is 90.4 Å². The maximum atomic E-state index is 11.1. The molecule has 1 fully saturated rings. The van der Waals surface area contributed by atoms with Crippen LogP contribution in [0.3, 0.4) is 0 Å². The van der Waals surface area contributed by atoms with E-state index in [4.69, 9.17) is 5.26 Å². The van der Waals surface area contributed by atoms with Crippen LogP contribution in [0.1, 0.15) is 18.4 Å². The Morgan fingerprint density at radius 1 is 1.58 bits per heavy atom. The van der Waals surface area contributed by atoms with Gasteiger partial charge in [0.25, 0.3) is 5.69 Å². The molecule has 1 aliphatic rings. The van der Waals surface area contributed by atoms with E-state index in [1.807, 2.05) is 11.0 Å². The number of rotatable bonds is 3. The molecule has 2 rings (SSSR count). The zero-order valence-electron chi connectivity index (χ0n) is 10.5. The molecular formula is C13H15N3O3. The third-order valence-electron chi connectivity index (χ3n) is 3.42. The SMILES string of the molecule is N#Cc1ccc(N2CCC[C@H](CO)C2)c([N+](=O)[O-])c1. The molecule has 100 valence electrons. The lowest BCUT2D eigenvalue weighted by Crippen LogP contribution is -2.37. The van der Waals surface area contributed by atoms with Gasteiger partial charge in [-0.25, -0.2) is 0 Å². The first-order valence-electron chi connectivity index (χ1n) is 6.20. The predicted molar refractivity (Wildman–Crippen MR) is 69.8 cm³/mol. The van der Waals surface area contributed by atoms with Gasteiger partial charge in [0.2, 0.25) is 0 Å². The van der Waals surface area contributed by atoms with Gasteiger partial charge in [-0.1, -0.05) is 0 Å². The summed E-state index contributed by atoms with van der Waals surface area (Å²) in [6.07, 6.45) is 1.85. The normalized spacial score (nSPS) is 18.9. The first-order valence-corrected chi connectivity index (χ1v) is 6.20. The molecule has 1 saturated heterocycles. The van der Waals surface area contributed by atoms with E-state index in [1.165, 1.54) is 6.07 Å². The van der Waals surface area contributed by atoms with Gasteiger partial charge in [-0.05, 0) is 30.9 Å². The third kappa shape index (κ3) is 2.83. The number of nitrogens with zero attached hydrogens (tertiary/aromatic N) is 3. The van der Waals surface area contributed by atoms with Crippen LogP contribution in [-0.2, 0) is 0 Å². The van der Waals surface area contributed by atoms with Crippen LogP contribution in [0.4, 0.5) is 11.4 Å². The lowest BCUT2D eigenvalue weighted by molar-refractivity contribution is -0.384. The van der Waals surface area contributed by atoms with Gasteiger partial charge in [-0.2, -0.15) is 5.26 Å². The summed E-state index contributed by atoms with van der Waals surface area (Å²) in [5.41, 5.74) is 0.769. The Labute approximate surface area is 111 Å². The minimum atomic E-state index is -0.460. The number of nitriles is 1. The maximum absolute atomic E-state index is 11.1. The van der Waals surface area contributed by atoms with Crippen molar-refractivity contribution in [3.8, 4) is 6.07 Å². The van der Waals surface area contributed by atoms with E-state index in [0.29, 0.717) is 12.2 Å². The molecule has 1 aromatic carbocycles. The Hall–Kier alpha value is -2.13. The molecule has 1 N–H and O–H groups in total. The van der Waals surface area contributed by atoms with E-state index in [1.54, 1.807) is 12.1 Å². The van der Waals surface area contributed by atoms with Crippen LogP contribution in [0.2, 0.25) is 0 Å². The van der Waals surface area contributed by atoms with E-state index in [9.17, 15) is 15.2 Å². The summed E-state index contributed by atoms with van der Waals surface area (Å²) in [7, 11) is 0. The van der Waals surface area contributed by atoms with E-state index in [0.717, 1.165) is 19.4 Å². The van der Waals surface area contributed by atoms with Crippen molar-refractivity contribution >= 4 is 11.4 Å². The van der Waals surface area contributed by atoms with Crippen molar-refractivity contribution in [3.05, 3.63) is 33.9 Å². The average molecular weight is 261 g/mol. The minimum Gasteiger partial charge on any atom is -0.396 e. The Balaban J connectivity index is 2.33. The molecule has 6 heteroatoms. The summed E-state index contributed by atoms with van der Waals surface area (Å²) in [6.45, 7) is 1.45. The number of hydrogen-bond donors (Lipinski definition) is 1. The van der Waals surface area contributed by atoms with Gasteiger partial charge in [0.1, 0.15) is 5.69 Å². The molecule has 0 unspecified atom stereocenters. The standard InChI is InChI=1S/C13H15N3O3/c14-7-10-3-4-12(13(6-10)16(18)19)15-5-1-2-11(8-15)9-17/h3-4,6,11,17H,1-2,5,8-9H2/t11-/m0/s1. The van der Waals surface area contributed by atoms with Crippen molar-refractivity contribution in [2.75, 3.05) is 24.6 Å².